The highest BCUT2D eigenvalue weighted by atomic mass is 32.2. The van der Waals surface area contributed by atoms with Gasteiger partial charge in [0, 0.05) is 19.7 Å². The topological polar surface area (TPSA) is 67.4 Å². The minimum absolute atomic E-state index is 0.0432. The summed E-state index contributed by atoms with van der Waals surface area (Å²) in [7, 11) is -1.65. The van der Waals surface area contributed by atoms with Gasteiger partial charge in [-0.15, -0.1) is 0 Å². The van der Waals surface area contributed by atoms with Gasteiger partial charge in [0.1, 0.15) is 0 Å². The third kappa shape index (κ3) is 5.79. The van der Waals surface area contributed by atoms with Crippen molar-refractivity contribution in [3.63, 3.8) is 0 Å². The van der Waals surface area contributed by atoms with Crippen LogP contribution in [0.5, 0.6) is 0 Å². The lowest BCUT2D eigenvalue weighted by molar-refractivity contribution is 0.217. The number of sulfonamides is 1. The molecule has 0 saturated carbocycles. The Kier molecular flexibility index (Phi) is 6.26. The Morgan fingerprint density at radius 3 is 2.88 bits per heavy atom. The van der Waals surface area contributed by atoms with Crippen LogP contribution in [0, 0.1) is 0 Å². The van der Waals surface area contributed by atoms with E-state index in [9.17, 15) is 8.42 Å². The van der Waals surface area contributed by atoms with Crippen LogP contribution < -0.4 is 10.0 Å². The molecule has 1 saturated heterocycles. The number of nitrogens with one attached hydrogen (secondary N) is 2. The van der Waals surface area contributed by atoms with E-state index in [0.717, 1.165) is 19.4 Å². The van der Waals surface area contributed by atoms with Gasteiger partial charge in [-0.1, -0.05) is 6.42 Å². The van der Waals surface area contributed by atoms with E-state index in [4.69, 9.17) is 4.74 Å². The molecule has 1 rings (SSSR count). The first kappa shape index (κ1) is 13.9. The molecule has 0 aromatic rings. The third-order valence-electron chi connectivity index (χ3n) is 2.78. The Labute approximate surface area is 98.0 Å². The van der Waals surface area contributed by atoms with Crippen LogP contribution in [0.1, 0.15) is 25.7 Å². The molecule has 1 aliphatic rings. The Morgan fingerprint density at radius 2 is 2.25 bits per heavy atom. The minimum Gasteiger partial charge on any atom is -0.384 e. The minimum atomic E-state index is -3.15. The zero-order chi connectivity index (χ0) is 11.9. The van der Waals surface area contributed by atoms with Gasteiger partial charge < -0.3 is 10.1 Å². The van der Waals surface area contributed by atoms with Gasteiger partial charge in [0.15, 0.2) is 0 Å². The van der Waals surface area contributed by atoms with Crippen LogP contribution in [-0.2, 0) is 14.8 Å². The molecule has 1 unspecified atom stereocenters. The normalized spacial score (nSPS) is 22.2. The predicted molar refractivity (Wildman–Crippen MR) is 63.9 cm³/mol. The lowest BCUT2D eigenvalue weighted by Crippen LogP contribution is -2.38. The molecule has 1 heterocycles. The van der Waals surface area contributed by atoms with Gasteiger partial charge in [-0.2, -0.15) is 0 Å². The molecule has 0 aliphatic carbocycles. The fourth-order valence-corrected chi connectivity index (χ4v) is 2.78. The van der Waals surface area contributed by atoms with Gasteiger partial charge in [-0.05, 0) is 25.8 Å². The Hall–Kier alpha value is -0.170. The summed E-state index contributed by atoms with van der Waals surface area (Å²) in [6.45, 7) is 1.82. The molecular formula is C10H22N2O3S. The van der Waals surface area contributed by atoms with E-state index < -0.39 is 10.0 Å². The summed E-state index contributed by atoms with van der Waals surface area (Å²) in [5.41, 5.74) is 0. The third-order valence-corrected chi connectivity index (χ3v) is 4.13. The first-order valence-corrected chi connectivity index (χ1v) is 7.49. The molecule has 16 heavy (non-hydrogen) atoms. The average Bonchev–Trinajstić information content (AvgIpc) is 2.28. The molecule has 96 valence electrons. The second kappa shape index (κ2) is 7.21. The van der Waals surface area contributed by atoms with Crippen molar-refractivity contribution in [2.24, 2.45) is 0 Å². The van der Waals surface area contributed by atoms with Crippen molar-refractivity contribution < 1.29 is 13.2 Å². The number of hydrogen-bond acceptors (Lipinski definition) is 4. The van der Waals surface area contributed by atoms with Gasteiger partial charge >= 0.3 is 0 Å². The second-order valence-electron chi connectivity index (χ2n) is 4.14. The fraction of sp³-hybridized carbons (Fsp3) is 1.00. The van der Waals surface area contributed by atoms with Crippen molar-refractivity contribution >= 4 is 10.0 Å². The van der Waals surface area contributed by atoms with E-state index in [1.165, 1.54) is 20.0 Å². The van der Waals surface area contributed by atoms with Crippen LogP contribution in [0.4, 0.5) is 0 Å². The molecule has 1 atom stereocenters. The molecule has 5 nitrogen and oxygen atoms in total. The van der Waals surface area contributed by atoms with Crippen LogP contribution in [0.25, 0.3) is 0 Å². The smallest absolute Gasteiger partial charge is 0.213 e. The van der Waals surface area contributed by atoms with Crippen molar-refractivity contribution in [3.8, 4) is 0 Å². The van der Waals surface area contributed by atoms with Gasteiger partial charge in [-0.25, -0.2) is 13.1 Å². The van der Waals surface area contributed by atoms with E-state index in [-0.39, 0.29) is 12.4 Å². The second-order valence-corrected chi connectivity index (χ2v) is 6.07. The number of methoxy groups -OCH3 is 1. The standard InChI is InChI=1S/C10H22N2O3S/c1-15-8-9-16(13,14)12-7-5-10-4-2-3-6-11-10/h10-12H,2-9H2,1H3. The van der Waals surface area contributed by atoms with Gasteiger partial charge in [0.25, 0.3) is 0 Å². The van der Waals surface area contributed by atoms with Gasteiger partial charge in [0.05, 0.1) is 12.4 Å². The van der Waals surface area contributed by atoms with E-state index in [1.54, 1.807) is 0 Å². The van der Waals surface area contributed by atoms with Crippen molar-refractivity contribution in [3.05, 3.63) is 0 Å². The summed E-state index contributed by atoms with van der Waals surface area (Å²) in [6.07, 6.45) is 4.50. The molecule has 1 aliphatic heterocycles. The van der Waals surface area contributed by atoms with Crippen LogP contribution in [-0.4, -0.2) is 47.0 Å². The molecule has 0 radical (unpaired) electrons. The zero-order valence-corrected chi connectivity index (χ0v) is 10.7. The maximum absolute atomic E-state index is 11.4. The maximum Gasteiger partial charge on any atom is 0.213 e. The first-order valence-electron chi connectivity index (χ1n) is 5.84. The highest BCUT2D eigenvalue weighted by Crippen LogP contribution is 2.09. The first-order chi connectivity index (χ1) is 7.64. The highest BCUT2D eigenvalue weighted by molar-refractivity contribution is 7.89. The summed E-state index contributed by atoms with van der Waals surface area (Å²) in [4.78, 5) is 0. The lowest BCUT2D eigenvalue weighted by atomic mass is 10.0. The van der Waals surface area contributed by atoms with Crippen molar-refractivity contribution in [1.29, 1.82) is 0 Å². The van der Waals surface area contributed by atoms with E-state index in [2.05, 4.69) is 10.0 Å². The number of rotatable bonds is 7. The van der Waals surface area contributed by atoms with Gasteiger partial charge in [-0.3, -0.25) is 0 Å². The summed E-state index contributed by atoms with van der Waals surface area (Å²) in [6, 6.07) is 0.471. The quantitative estimate of drug-likeness (QED) is 0.672. The summed E-state index contributed by atoms with van der Waals surface area (Å²) >= 11 is 0. The predicted octanol–water partition coefficient (Wildman–Crippen LogP) is 0.0844. The molecule has 0 bridgehead atoms. The summed E-state index contributed by atoms with van der Waals surface area (Å²) < 4.78 is 30.2. The molecule has 1 fully saturated rings. The maximum atomic E-state index is 11.4. The lowest BCUT2D eigenvalue weighted by Gasteiger charge is -2.23. The van der Waals surface area contributed by atoms with Crippen LogP contribution in [0.3, 0.4) is 0 Å². The van der Waals surface area contributed by atoms with Crippen LogP contribution in [0.15, 0.2) is 0 Å². The molecule has 6 heteroatoms. The molecule has 0 amide bonds. The fourth-order valence-electron chi connectivity index (χ4n) is 1.82. The number of ether oxygens (including phenoxy) is 1. The van der Waals surface area contributed by atoms with Crippen molar-refractivity contribution in [2.75, 3.05) is 32.6 Å². The van der Waals surface area contributed by atoms with Crippen LogP contribution in [0.2, 0.25) is 0 Å². The molecule has 0 spiro atoms. The number of hydrogen-bond donors (Lipinski definition) is 2. The SMILES string of the molecule is COCCS(=O)(=O)NCCC1CCCCN1. The highest BCUT2D eigenvalue weighted by Gasteiger charge is 2.14. The van der Waals surface area contributed by atoms with Gasteiger partial charge in [0.2, 0.25) is 10.0 Å². The molecule has 0 aromatic carbocycles. The Balaban J connectivity index is 2.13. The van der Waals surface area contributed by atoms with Crippen molar-refractivity contribution in [1.82, 2.24) is 10.0 Å². The average molecular weight is 250 g/mol. The largest absolute Gasteiger partial charge is 0.384 e. The van der Waals surface area contributed by atoms with Crippen LogP contribution >= 0.6 is 0 Å². The number of piperidine rings is 1. The van der Waals surface area contributed by atoms with E-state index >= 15 is 0 Å². The molecule has 0 aromatic heterocycles. The summed E-state index contributed by atoms with van der Waals surface area (Å²) in [5, 5.41) is 3.39. The summed E-state index contributed by atoms with van der Waals surface area (Å²) in [5.74, 6) is 0.0432. The van der Waals surface area contributed by atoms with E-state index in [1.807, 2.05) is 0 Å². The van der Waals surface area contributed by atoms with E-state index in [0.29, 0.717) is 12.6 Å². The van der Waals surface area contributed by atoms with Crippen molar-refractivity contribution in [2.45, 2.75) is 31.7 Å². The molecule has 2 N–H and O–H groups in total. The molecular weight excluding hydrogens is 228 g/mol. The Morgan fingerprint density at radius 1 is 1.44 bits per heavy atom. The zero-order valence-electron chi connectivity index (χ0n) is 9.87. The Bertz CT molecular complexity index is 274. The monoisotopic (exact) mass is 250 g/mol.